The third-order valence-electron chi connectivity index (χ3n) is 3.67. The van der Waals surface area contributed by atoms with E-state index in [4.69, 9.17) is 9.15 Å². The second-order valence-corrected chi connectivity index (χ2v) is 5.19. The molecule has 1 unspecified atom stereocenters. The van der Waals surface area contributed by atoms with Crippen molar-refractivity contribution in [3.8, 4) is 0 Å². The van der Waals surface area contributed by atoms with Crippen LogP contribution < -0.4 is 0 Å². The van der Waals surface area contributed by atoms with Gasteiger partial charge in [-0.3, -0.25) is 4.79 Å². The van der Waals surface area contributed by atoms with E-state index >= 15 is 0 Å². The van der Waals surface area contributed by atoms with Crippen LogP contribution in [0, 0.1) is 12.8 Å². The summed E-state index contributed by atoms with van der Waals surface area (Å²) in [7, 11) is 0. The molecule has 5 heteroatoms. The van der Waals surface area contributed by atoms with E-state index in [0.717, 1.165) is 39.0 Å². The highest BCUT2D eigenvalue weighted by Gasteiger charge is 2.36. The van der Waals surface area contributed by atoms with Gasteiger partial charge < -0.3 is 14.1 Å². The summed E-state index contributed by atoms with van der Waals surface area (Å²) < 4.78 is 10.6. The molecule has 5 nitrogen and oxygen atoms in total. The highest BCUT2D eigenvalue weighted by Crippen LogP contribution is 2.30. The molecule has 0 bridgehead atoms. The second-order valence-electron chi connectivity index (χ2n) is 5.19. The molecule has 1 aliphatic carbocycles. The van der Waals surface area contributed by atoms with Gasteiger partial charge >= 0.3 is 0 Å². The topological polar surface area (TPSA) is 55.6 Å². The molecule has 0 aromatic carbocycles. The number of hydrogen-bond acceptors (Lipinski definition) is 4. The molecule has 98 valence electrons. The molecule has 1 aliphatic heterocycles. The minimum atomic E-state index is -0.0144. The zero-order chi connectivity index (χ0) is 12.5. The first-order valence-electron chi connectivity index (χ1n) is 6.54. The number of carbonyl (C=O) groups excluding carboxylic acids is 1. The van der Waals surface area contributed by atoms with Crippen LogP contribution in [0.5, 0.6) is 0 Å². The molecule has 0 spiro atoms. The molecule has 0 N–H and O–H groups in total. The maximum absolute atomic E-state index is 12.4. The van der Waals surface area contributed by atoms with Gasteiger partial charge in [-0.15, -0.1) is 0 Å². The lowest BCUT2D eigenvalue weighted by atomic mass is 10.1. The van der Waals surface area contributed by atoms with Gasteiger partial charge in [0, 0.05) is 25.1 Å². The third kappa shape index (κ3) is 2.27. The molecule has 1 aromatic rings. The number of aromatic nitrogens is 1. The van der Waals surface area contributed by atoms with Crippen molar-refractivity contribution < 1.29 is 13.9 Å². The molecule has 1 saturated carbocycles. The van der Waals surface area contributed by atoms with E-state index in [1.54, 1.807) is 6.92 Å². The first-order chi connectivity index (χ1) is 8.75. The molecule has 18 heavy (non-hydrogen) atoms. The van der Waals surface area contributed by atoms with Crippen LogP contribution in [0.2, 0.25) is 0 Å². The summed E-state index contributed by atoms with van der Waals surface area (Å²) in [6, 6.07) is 0.391. The standard InChI is InChI=1S/C13H18N2O3/c1-9-12(18-8-14-9)13(16)15(11-2-3-11)6-10-4-5-17-7-10/h8,10-11H,2-7H2,1H3. The van der Waals surface area contributed by atoms with Gasteiger partial charge in [-0.25, -0.2) is 4.98 Å². The van der Waals surface area contributed by atoms with Crippen LogP contribution in [-0.2, 0) is 4.74 Å². The zero-order valence-corrected chi connectivity index (χ0v) is 10.6. The van der Waals surface area contributed by atoms with Gasteiger partial charge in [0.15, 0.2) is 6.39 Å². The number of amides is 1. The highest BCUT2D eigenvalue weighted by atomic mass is 16.5. The molecule has 1 aromatic heterocycles. The second kappa shape index (κ2) is 4.72. The largest absolute Gasteiger partial charge is 0.438 e. The Morgan fingerprint density at radius 3 is 2.89 bits per heavy atom. The first-order valence-corrected chi connectivity index (χ1v) is 6.54. The lowest BCUT2D eigenvalue weighted by molar-refractivity contribution is 0.0673. The Balaban J connectivity index is 1.73. The summed E-state index contributed by atoms with van der Waals surface area (Å²) in [4.78, 5) is 18.4. The fourth-order valence-electron chi connectivity index (χ4n) is 2.43. The van der Waals surface area contributed by atoms with Crippen LogP contribution >= 0.6 is 0 Å². The smallest absolute Gasteiger partial charge is 0.291 e. The van der Waals surface area contributed by atoms with Crippen LogP contribution in [0.1, 0.15) is 35.5 Å². The van der Waals surface area contributed by atoms with Gasteiger partial charge in [-0.2, -0.15) is 0 Å². The van der Waals surface area contributed by atoms with Crippen molar-refractivity contribution in [3.05, 3.63) is 17.8 Å². The molecular formula is C13H18N2O3. The Labute approximate surface area is 106 Å². The Hall–Kier alpha value is -1.36. The van der Waals surface area contributed by atoms with E-state index in [2.05, 4.69) is 4.98 Å². The monoisotopic (exact) mass is 250 g/mol. The lowest BCUT2D eigenvalue weighted by Gasteiger charge is -2.24. The number of carbonyl (C=O) groups is 1. The van der Waals surface area contributed by atoms with Crippen molar-refractivity contribution >= 4 is 5.91 Å². The lowest BCUT2D eigenvalue weighted by Crippen LogP contribution is -2.37. The average molecular weight is 250 g/mol. The fraction of sp³-hybridized carbons (Fsp3) is 0.692. The maximum atomic E-state index is 12.4. The molecular weight excluding hydrogens is 232 g/mol. The van der Waals surface area contributed by atoms with E-state index in [1.807, 2.05) is 4.90 Å². The van der Waals surface area contributed by atoms with E-state index in [-0.39, 0.29) is 5.91 Å². The SMILES string of the molecule is Cc1ncoc1C(=O)N(CC1CCOC1)C1CC1. The number of nitrogens with zero attached hydrogens (tertiary/aromatic N) is 2. The van der Waals surface area contributed by atoms with Crippen molar-refractivity contribution in [1.82, 2.24) is 9.88 Å². The van der Waals surface area contributed by atoms with Crippen LogP contribution in [0.25, 0.3) is 0 Å². The maximum Gasteiger partial charge on any atom is 0.291 e. The summed E-state index contributed by atoms with van der Waals surface area (Å²) in [6.07, 6.45) is 4.59. The van der Waals surface area contributed by atoms with E-state index in [0.29, 0.717) is 23.4 Å². The van der Waals surface area contributed by atoms with Crippen molar-refractivity contribution in [2.75, 3.05) is 19.8 Å². The van der Waals surface area contributed by atoms with E-state index < -0.39 is 0 Å². The molecule has 1 amide bonds. The van der Waals surface area contributed by atoms with Crippen molar-refractivity contribution in [2.45, 2.75) is 32.2 Å². The molecule has 2 fully saturated rings. The molecule has 1 saturated heterocycles. The van der Waals surface area contributed by atoms with E-state index in [9.17, 15) is 4.79 Å². The predicted octanol–water partition coefficient (Wildman–Crippen LogP) is 1.62. The molecule has 1 atom stereocenters. The number of oxazole rings is 1. The third-order valence-corrected chi connectivity index (χ3v) is 3.67. The minimum absolute atomic E-state index is 0.0144. The Morgan fingerprint density at radius 2 is 2.33 bits per heavy atom. The van der Waals surface area contributed by atoms with Crippen LogP contribution in [0.3, 0.4) is 0 Å². The summed E-state index contributed by atoms with van der Waals surface area (Å²) in [5, 5.41) is 0. The molecule has 2 heterocycles. The quantitative estimate of drug-likeness (QED) is 0.815. The number of hydrogen-bond donors (Lipinski definition) is 0. The summed E-state index contributed by atoms with van der Waals surface area (Å²) in [5.74, 6) is 0.845. The number of rotatable bonds is 4. The zero-order valence-electron chi connectivity index (χ0n) is 10.6. The van der Waals surface area contributed by atoms with Crippen molar-refractivity contribution in [2.24, 2.45) is 5.92 Å². The highest BCUT2D eigenvalue weighted by molar-refractivity contribution is 5.92. The van der Waals surface area contributed by atoms with E-state index in [1.165, 1.54) is 6.39 Å². The van der Waals surface area contributed by atoms with Gasteiger partial charge in [0.05, 0.1) is 12.3 Å². The minimum Gasteiger partial charge on any atom is -0.438 e. The van der Waals surface area contributed by atoms with Crippen LogP contribution in [-0.4, -0.2) is 41.6 Å². The van der Waals surface area contributed by atoms with Gasteiger partial charge in [0.2, 0.25) is 5.76 Å². The normalized spacial score (nSPS) is 23.3. The predicted molar refractivity (Wildman–Crippen MR) is 64.2 cm³/mol. The van der Waals surface area contributed by atoms with Gasteiger partial charge in [0.25, 0.3) is 5.91 Å². The summed E-state index contributed by atoms with van der Waals surface area (Å²) in [5.41, 5.74) is 0.674. The van der Waals surface area contributed by atoms with Crippen LogP contribution in [0.4, 0.5) is 0 Å². The van der Waals surface area contributed by atoms with Gasteiger partial charge in [-0.1, -0.05) is 0 Å². The Kier molecular flexibility index (Phi) is 3.07. The molecule has 0 radical (unpaired) electrons. The fourth-order valence-corrected chi connectivity index (χ4v) is 2.43. The summed E-state index contributed by atoms with van der Waals surface area (Å²) in [6.45, 7) is 4.18. The van der Waals surface area contributed by atoms with Crippen LogP contribution in [0.15, 0.2) is 10.8 Å². The van der Waals surface area contributed by atoms with Crippen molar-refractivity contribution in [3.63, 3.8) is 0 Å². The average Bonchev–Trinajstić information content (AvgIpc) is 2.89. The molecule has 2 aliphatic rings. The van der Waals surface area contributed by atoms with Crippen molar-refractivity contribution in [1.29, 1.82) is 0 Å². The Morgan fingerprint density at radius 1 is 1.50 bits per heavy atom. The molecule has 3 rings (SSSR count). The number of ether oxygens (including phenoxy) is 1. The van der Waals surface area contributed by atoms with Gasteiger partial charge in [-0.05, 0) is 26.2 Å². The first kappa shape index (κ1) is 11.7. The Bertz CT molecular complexity index is 433. The summed E-state index contributed by atoms with van der Waals surface area (Å²) >= 11 is 0. The van der Waals surface area contributed by atoms with Gasteiger partial charge in [0.1, 0.15) is 0 Å². The number of aryl methyl sites for hydroxylation is 1.